The Morgan fingerprint density at radius 1 is 0.696 bits per heavy atom. The van der Waals surface area contributed by atoms with Crippen molar-refractivity contribution in [2.75, 3.05) is 141 Å². The molecule has 11 N–H and O–H groups in total. The number of rotatable bonds is 27. The molecule has 1 aromatic carbocycles. The first-order chi connectivity index (χ1) is 66.5. The van der Waals surface area contributed by atoms with Gasteiger partial charge in [-0.05, 0) is 136 Å². The quantitative estimate of drug-likeness (QED) is 0.0111. The minimum atomic E-state index is -2.52. The minimum absolute atomic E-state index is 0.00796. The predicted molar refractivity (Wildman–Crippen MR) is 510 cm³/mol. The van der Waals surface area contributed by atoms with Crippen molar-refractivity contribution in [3.8, 4) is 11.3 Å². The topological polar surface area (TPSA) is 510 Å². The van der Waals surface area contributed by atoms with Gasteiger partial charge in [0.1, 0.15) is 65.5 Å². The van der Waals surface area contributed by atoms with Crippen molar-refractivity contribution < 1.29 is 96.3 Å². The molecule has 0 radical (unpaired) electrons. The summed E-state index contributed by atoms with van der Waals surface area (Å²) in [6, 6.07) is 7.81. The Labute approximate surface area is 802 Å². The highest BCUT2D eigenvalue weighted by Gasteiger charge is 2.54. The molecule has 39 nitrogen and oxygen atoms in total. The van der Waals surface area contributed by atoms with E-state index in [1.807, 2.05) is 70.8 Å². The van der Waals surface area contributed by atoms with Crippen LogP contribution in [0.15, 0.2) is 109 Å². The molecule has 7 aromatic rings. The van der Waals surface area contributed by atoms with Gasteiger partial charge in [0.15, 0.2) is 11.4 Å². The number of hydrogen-bond donors (Lipinski definition) is 8. The normalized spacial score (nSPS) is 26.9. The van der Waals surface area contributed by atoms with Gasteiger partial charge >= 0.3 is 12.1 Å². The molecule has 15 atom stereocenters. The molecule has 3 saturated heterocycles. The number of fused-ring (bicyclic) bond motifs is 7. The maximum absolute atomic E-state index is 14.8. The molecule has 7 aliphatic rings. The van der Waals surface area contributed by atoms with Crippen LogP contribution in [0.25, 0.3) is 33.3 Å². The number of amides is 4. The van der Waals surface area contributed by atoms with E-state index in [2.05, 4.69) is 58.3 Å². The number of nitrogens with two attached hydrogens (primary N) is 3. The van der Waals surface area contributed by atoms with Crippen LogP contribution < -0.4 is 32.3 Å². The largest absolute Gasteiger partial charge is 0.459 e. The number of anilines is 4. The van der Waals surface area contributed by atoms with Gasteiger partial charge in [-0.3, -0.25) is 28.8 Å². The van der Waals surface area contributed by atoms with E-state index in [1.54, 1.807) is 45.2 Å². The number of aromatic amines is 1. The number of aliphatic hydroxyl groups excluding tert-OH is 2. The molecule has 6 aliphatic heterocycles. The molecule has 1 saturated carbocycles. The maximum Gasteiger partial charge on any atom is 0.410 e. The number of aromatic nitrogens is 10. The van der Waals surface area contributed by atoms with Gasteiger partial charge in [-0.2, -0.15) is 5.10 Å². The Kier molecular flexibility index (Phi) is 35.5. The number of hydrogen-bond acceptors (Lipinski definition) is 33. The lowest BCUT2D eigenvalue weighted by Crippen LogP contribution is -2.61. The summed E-state index contributed by atoms with van der Waals surface area (Å²) in [5.74, 6) is -7.78. The van der Waals surface area contributed by atoms with Crippen molar-refractivity contribution in [1.82, 2.24) is 69.7 Å². The van der Waals surface area contributed by atoms with Gasteiger partial charge < -0.3 is 110 Å². The second-order valence-corrected chi connectivity index (χ2v) is 37.5. The van der Waals surface area contributed by atoms with Crippen LogP contribution >= 0.6 is 0 Å². The Balaban J connectivity index is 0.474. The lowest BCUT2D eigenvalue weighted by Gasteiger charge is -2.42. The summed E-state index contributed by atoms with van der Waals surface area (Å²) >= 11 is 0. The van der Waals surface area contributed by atoms with Gasteiger partial charge in [0.25, 0.3) is 17.6 Å². The van der Waals surface area contributed by atoms with E-state index >= 15 is 0 Å². The zero-order chi connectivity index (χ0) is 97.8. The number of esters is 1. The Hall–Kier alpha value is -11.5. The number of ether oxygens (including phenoxy) is 9. The van der Waals surface area contributed by atoms with Crippen LogP contribution in [0.4, 0.5) is 28.3 Å². The summed E-state index contributed by atoms with van der Waals surface area (Å²) in [4.78, 5) is 156. The summed E-state index contributed by atoms with van der Waals surface area (Å²) in [6.07, 6.45) is 16.1. The zero-order valence-electron chi connectivity index (χ0n) is 80.1. The second kappa shape index (κ2) is 47.9. The molecule has 744 valence electrons. The lowest BCUT2D eigenvalue weighted by molar-refractivity contribution is -0.265. The molecule has 138 heavy (non-hydrogen) atoms. The average molecular weight is 1910 g/mol. The number of allylic oxidation sites excluding steroid dienone is 6. The molecule has 1 aliphatic carbocycles. The third-order valence-electron chi connectivity index (χ3n) is 27.5. The number of nitrogen functional groups attached to an aromatic ring is 2. The fourth-order valence-electron chi connectivity index (χ4n) is 19.3. The fourth-order valence-corrected chi connectivity index (χ4v) is 19.3. The number of nitrogens with one attached hydrogen (secondary N) is 2. The standard InChI is InChI=1S/C99H133N19O20/c1-59-14-10-9-11-15-60(2)79(130-7)49-73-21-17-64(6)99(129,138-73)89(124)94(126)117-27-13-12-16-76(117)95(127)136-80(50-77(119)61(3)43-63(5)87(122)88(123)86(121)62(4)42-59)74(100)45-65-19-22-78(81(46-65)131-8)137-98(128)116-29-24-75-72(57-116)54-107-97(110-75)114-32-30-113(31-33-114)96-105-52-71(53-106-96)93(125)103-26-35-133-37-39-135-41-40-134-38-36-132-34-25-83(120)115-28-23-67-44-66(18-20-68(67)56-115)55-118-92-84(90(102)108-58-109-92)85(112-118)70-47-69-48-82(101)111-91(69)104-51-70/h9-11,14-15,18,20,43-44,47-48,51-54,58-59,61-62,64-65,73-74,76,78-81,87-88,122-123,129H,12-13,16-17,19,21-42,45-46,49-50,55-57,100-101H2,1-8H3,(H,103,125)(H,104,111)(H2,102,108,109)/b11-9+,14-10+,60-15+,63-43+/t59-,61-,62-,64-,65+,73+,74-,76+,78-,79+,80+,81-,87-,88+,99-/m1/s1. The summed E-state index contributed by atoms with van der Waals surface area (Å²) in [5, 5.41) is 44.1. The molecule has 12 heterocycles. The summed E-state index contributed by atoms with van der Waals surface area (Å²) in [6.45, 7) is 17.6. The number of H-pyrrole nitrogens is 1. The van der Waals surface area contributed by atoms with E-state index in [0.717, 1.165) is 50.2 Å². The Morgan fingerprint density at radius 2 is 1.41 bits per heavy atom. The molecular weight excluding hydrogens is 1780 g/mol. The second-order valence-electron chi connectivity index (χ2n) is 37.5. The molecular formula is C99H133N19O20. The first-order valence-electron chi connectivity index (χ1n) is 48.2. The number of nitrogens with zero attached hydrogens (tertiary/aromatic N) is 14. The van der Waals surface area contributed by atoms with Crippen LogP contribution in [-0.4, -0.2) is 307 Å². The van der Waals surface area contributed by atoms with Gasteiger partial charge in [-0.1, -0.05) is 82.4 Å². The van der Waals surface area contributed by atoms with Gasteiger partial charge in [0.05, 0.1) is 107 Å². The SMILES string of the molecule is CO[C@H]1C[C@@H]2CC[C@@H](C)[C@@](O)(O2)C(=O)C(=O)N2CCCC[C@H]2C(=O)O[C@H]([C@H](N)C[C@@H]2CC[C@@H](OC(=O)N3CCc4nc(N5CCN(c6ncc(C(=O)NCCOCCOCCOCCOCCC(=O)N7CCc8cc(Cn9nc(-c%10cnc%11[nH]c(N)cc%11c%10)c%10c(N)ncnc%109)ccc8C7)cn6)CC5)ncc4C3)[C@H](OC)C2)CC(=O)[C@H](C)/C=C(\C)[C@@H](O)[C@@H](O)C(=O)[C@H](C)C[C@H](C)/C=C/C=C/C=C/1C. The molecule has 14 rings (SSSR count). The average Bonchev–Trinajstić information content (AvgIpc) is 1.16. The number of benzene rings is 1. The third kappa shape index (κ3) is 25.8. The fraction of sp³-hybridized carbons (Fsp3) is 0.576. The van der Waals surface area contributed by atoms with Crippen LogP contribution in [0, 0.1) is 29.6 Å². The number of carbonyl (C=O) groups excluding carboxylic acids is 8. The van der Waals surface area contributed by atoms with Crippen LogP contribution in [0.2, 0.25) is 0 Å². The Morgan fingerprint density at radius 3 is 2.16 bits per heavy atom. The molecule has 0 unspecified atom stereocenters. The van der Waals surface area contributed by atoms with E-state index in [1.165, 1.54) is 44.4 Å². The van der Waals surface area contributed by atoms with Crippen LogP contribution in [0.3, 0.4) is 0 Å². The van der Waals surface area contributed by atoms with E-state index in [4.69, 9.17) is 74.9 Å². The highest BCUT2D eigenvalue weighted by atomic mass is 16.6. The summed E-state index contributed by atoms with van der Waals surface area (Å²) in [7, 11) is 3.09. The number of methoxy groups -OCH3 is 2. The number of cyclic esters (lactones) is 1. The third-order valence-corrected chi connectivity index (χ3v) is 27.5. The first-order valence-corrected chi connectivity index (χ1v) is 48.2. The van der Waals surface area contributed by atoms with Crippen molar-refractivity contribution >= 4 is 92.7 Å². The Bertz CT molecular complexity index is 5550. The van der Waals surface area contributed by atoms with Crippen LogP contribution in [-0.2, 0) is 104 Å². The zero-order valence-corrected chi connectivity index (χ0v) is 80.1. The van der Waals surface area contributed by atoms with E-state index in [0.29, 0.717) is 201 Å². The van der Waals surface area contributed by atoms with Gasteiger partial charge in [0.2, 0.25) is 23.6 Å². The van der Waals surface area contributed by atoms with Crippen molar-refractivity contribution in [3.63, 3.8) is 0 Å². The van der Waals surface area contributed by atoms with Crippen LogP contribution in [0.1, 0.15) is 163 Å². The van der Waals surface area contributed by atoms with E-state index in [9.17, 15) is 53.7 Å². The maximum atomic E-state index is 14.8. The minimum Gasteiger partial charge on any atom is -0.459 e. The van der Waals surface area contributed by atoms with Crippen LogP contribution in [0.5, 0.6) is 0 Å². The smallest absolute Gasteiger partial charge is 0.410 e. The van der Waals surface area contributed by atoms with Crippen molar-refractivity contribution in [3.05, 3.63) is 143 Å². The number of aliphatic hydroxyl groups is 3. The highest BCUT2D eigenvalue weighted by molar-refractivity contribution is 6.39. The van der Waals surface area contributed by atoms with E-state index in [-0.39, 0.29) is 87.8 Å². The first kappa shape index (κ1) is 102. The number of carbonyl (C=O) groups is 8. The molecule has 4 amide bonds. The number of piperidine rings is 1. The predicted octanol–water partition coefficient (Wildman–Crippen LogP) is 6.99. The summed E-state index contributed by atoms with van der Waals surface area (Å²) in [5.41, 5.74) is 28.4. The van der Waals surface area contributed by atoms with Crippen molar-refractivity contribution in [1.29, 1.82) is 0 Å². The van der Waals surface area contributed by atoms with Gasteiger partial charge in [0, 0.05) is 157 Å². The van der Waals surface area contributed by atoms with Gasteiger partial charge in [-0.25, -0.2) is 49.2 Å². The molecule has 0 spiro atoms. The van der Waals surface area contributed by atoms with Crippen molar-refractivity contribution in [2.24, 2.45) is 35.3 Å². The molecule has 2 bridgehead atoms. The number of pyridine rings is 1. The molecule has 39 heteroatoms. The van der Waals surface area contributed by atoms with Crippen molar-refractivity contribution in [2.45, 2.75) is 218 Å². The van der Waals surface area contributed by atoms with E-state index < -0.39 is 120 Å². The number of piperazine rings is 1. The molecule has 4 fully saturated rings. The van der Waals surface area contributed by atoms with Gasteiger partial charge in [-0.15, -0.1) is 0 Å². The number of Topliss-reactive ketones (excluding diaryl/α,β-unsaturated/α-hetero) is 3. The lowest BCUT2D eigenvalue weighted by atomic mass is 9.80. The highest BCUT2D eigenvalue weighted by Crippen LogP contribution is 2.40. The summed E-state index contributed by atoms with van der Waals surface area (Å²) < 4.78 is 55.2. The molecule has 6 aromatic heterocycles. The monoisotopic (exact) mass is 1910 g/mol. The number of ketones is 3.